The largest absolute Gasteiger partial charge is 0.493 e. The van der Waals surface area contributed by atoms with Crippen LogP contribution in [0.4, 0.5) is 0 Å². The van der Waals surface area contributed by atoms with Gasteiger partial charge in [-0.15, -0.1) is 0 Å². The van der Waals surface area contributed by atoms with E-state index in [1.54, 1.807) is 6.07 Å². The minimum absolute atomic E-state index is 0.113. The molecule has 0 atom stereocenters. The van der Waals surface area contributed by atoms with Crippen LogP contribution in [-0.2, 0) is 14.8 Å². The van der Waals surface area contributed by atoms with Crippen LogP contribution in [0.5, 0.6) is 11.5 Å². The van der Waals surface area contributed by atoms with Gasteiger partial charge in [-0.25, -0.2) is 8.42 Å². The predicted molar refractivity (Wildman–Crippen MR) is 91.1 cm³/mol. The number of sulfonamides is 1. The number of amides is 1. The first-order valence-corrected chi connectivity index (χ1v) is 9.48. The summed E-state index contributed by atoms with van der Waals surface area (Å²) >= 11 is 0. The summed E-state index contributed by atoms with van der Waals surface area (Å²) in [6.07, 6.45) is 0.896. The number of hydrogen-bond donors (Lipinski definition) is 2. The predicted octanol–water partition coefficient (Wildman–Crippen LogP) is 0.213. The molecule has 1 aromatic carbocycles. The second-order valence-corrected chi connectivity index (χ2v) is 7.65. The van der Waals surface area contributed by atoms with Gasteiger partial charge in [-0.2, -0.15) is 4.31 Å². The topological polar surface area (TPSA) is 105 Å². The minimum atomic E-state index is -3.66. The van der Waals surface area contributed by atoms with Crippen LogP contribution in [0.1, 0.15) is 12.8 Å². The van der Waals surface area contributed by atoms with E-state index in [9.17, 15) is 13.2 Å². The Hall–Kier alpha value is -1.84. The highest BCUT2D eigenvalue weighted by molar-refractivity contribution is 7.89. The molecule has 8 nitrogen and oxygen atoms in total. The SMILES string of the molecule is COc1ccc(S(=O)(=O)N2CCC(C(=O)NCCO)CC2)cc1OC. The molecule has 0 aromatic heterocycles. The van der Waals surface area contributed by atoms with Crippen LogP contribution in [0.2, 0.25) is 0 Å². The highest BCUT2D eigenvalue weighted by Gasteiger charge is 2.32. The molecule has 1 amide bonds. The molecular formula is C16H24N2O6S. The maximum absolute atomic E-state index is 12.8. The van der Waals surface area contributed by atoms with E-state index in [-0.39, 0.29) is 43.0 Å². The molecule has 1 aromatic rings. The number of carbonyl (C=O) groups is 1. The average molecular weight is 372 g/mol. The van der Waals surface area contributed by atoms with E-state index in [1.807, 2.05) is 0 Å². The maximum Gasteiger partial charge on any atom is 0.243 e. The highest BCUT2D eigenvalue weighted by Crippen LogP contribution is 2.31. The van der Waals surface area contributed by atoms with Crippen molar-refractivity contribution in [3.63, 3.8) is 0 Å². The average Bonchev–Trinajstić information content (AvgIpc) is 2.65. The van der Waals surface area contributed by atoms with E-state index < -0.39 is 10.0 Å². The summed E-state index contributed by atoms with van der Waals surface area (Å²) in [5.41, 5.74) is 0. The van der Waals surface area contributed by atoms with Crippen molar-refractivity contribution in [2.75, 3.05) is 40.5 Å². The lowest BCUT2D eigenvalue weighted by Gasteiger charge is -2.30. The van der Waals surface area contributed by atoms with Crippen molar-refractivity contribution in [2.45, 2.75) is 17.7 Å². The fourth-order valence-corrected chi connectivity index (χ4v) is 4.29. The van der Waals surface area contributed by atoms with Crippen LogP contribution in [0.15, 0.2) is 23.1 Å². The molecule has 2 N–H and O–H groups in total. The molecule has 140 valence electrons. The molecular weight excluding hydrogens is 348 g/mol. The summed E-state index contributed by atoms with van der Waals surface area (Å²) in [4.78, 5) is 12.0. The third kappa shape index (κ3) is 4.42. The van der Waals surface area contributed by atoms with Gasteiger partial charge in [0.25, 0.3) is 0 Å². The first-order valence-electron chi connectivity index (χ1n) is 8.04. The minimum Gasteiger partial charge on any atom is -0.493 e. The third-order valence-electron chi connectivity index (χ3n) is 4.23. The van der Waals surface area contributed by atoms with Crippen molar-refractivity contribution in [1.29, 1.82) is 0 Å². The summed E-state index contributed by atoms with van der Waals surface area (Å²) in [6, 6.07) is 4.48. The van der Waals surface area contributed by atoms with Crippen molar-refractivity contribution < 1.29 is 27.8 Å². The second kappa shape index (κ2) is 8.50. The van der Waals surface area contributed by atoms with E-state index in [0.29, 0.717) is 24.3 Å². The number of nitrogens with zero attached hydrogens (tertiary/aromatic N) is 1. The van der Waals surface area contributed by atoms with Gasteiger partial charge in [0.1, 0.15) is 0 Å². The maximum atomic E-state index is 12.8. The quantitative estimate of drug-likeness (QED) is 0.709. The number of ether oxygens (including phenoxy) is 2. The normalized spacial score (nSPS) is 16.4. The van der Waals surface area contributed by atoms with Gasteiger partial charge in [0, 0.05) is 31.6 Å². The van der Waals surface area contributed by atoms with E-state index in [2.05, 4.69) is 5.32 Å². The number of aliphatic hydroxyl groups is 1. The summed E-state index contributed by atoms with van der Waals surface area (Å²) in [5.74, 6) is 0.433. The zero-order chi connectivity index (χ0) is 18.4. The van der Waals surface area contributed by atoms with Gasteiger partial charge in [0.15, 0.2) is 11.5 Å². The molecule has 0 saturated carbocycles. The fourth-order valence-electron chi connectivity index (χ4n) is 2.81. The third-order valence-corrected chi connectivity index (χ3v) is 6.12. The summed E-state index contributed by atoms with van der Waals surface area (Å²) < 4.78 is 37.3. The van der Waals surface area contributed by atoms with Gasteiger partial charge in [-0.05, 0) is 25.0 Å². The van der Waals surface area contributed by atoms with Gasteiger partial charge >= 0.3 is 0 Å². The Balaban J connectivity index is 2.08. The van der Waals surface area contributed by atoms with E-state index >= 15 is 0 Å². The standard InChI is InChI=1S/C16H24N2O6S/c1-23-14-4-3-13(11-15(14)24-2)25(21,22)18-8-5-12(6-9-18)16(20)17-7-10-19/h3-4,11-12,19H,5-10H2,1-2H3,(H,17,20). The van der Waals surface area contributed by atoms with E-state index in [0.717, 1.165) is 0 Å². The van der Waals surface area contributed by atoms with Crippen LogP contribution in [0.3, 0.4) is 0 Å². The van der Waals surface area contributed by atoms with Crippen LogP contribution in [0.25, 0.3) is 0 Å². The number of piperidine rings is 1. The van der Waals surface area contributed by atoms with Crippen molar-refractivity contribution in [1.82, 2.24) is 9.62 Å². The molecule has 1 fully saturated rings. The number of benzene rings is 1. The number of rotatable bonds is 7. The molecule has 0 spiro atoms. The van der Waals surface area contributed by atoms with Gasteiger partial charge in [0.2, 0.25) is 15.9 Å². The second-order valence-electron chi connectivity index (χ2n) is 5.71. The van der Waals surface area contributed by atoms with Crippen LogP contribution in [0, 0.1) is 5.92 Å². The lowest BCUT2D eigenvalue weighted by molar-refractivity contribution is -0.126. The molecule has 1 aliphatic rings. The molecule has 1 saturated heterocycles. The molecule has 25 heavy (non-hydrogen) atoms. The van der Waals surface area contributed by atoms with Crippen molar-refractivity contribution in [3.05, 3.63) is 18.2 Å². The van der Waals surface area contributed by atoms with Crippen LogP contribution < -0.4 is 14.8 Å². The monoisotopic (exact) mass is 372 g/mol. The van der Waals surface area contributed by atoms with Crippen molar-refractivity contribution in [2.24, 2.45) is 5.92 Å². The summed E-state index contributed by atoms with van der Waals surface area (Å²) in [7, 11) is -0.726. The summed E-state index contributed by atoms with van der Waals surface area (Å²) in [6.45, 7) is 0.642. The smallest absolute Gasteiger partial charge is 0.243 e. The Labute approximate surface area is 147 Å². The number of methoxy groups -OCH3 is 2. The van der Waals surface area contributed by atoms with Gasteiger partial charge in [0.05, 0.1) is 25.7 Å². The highest BCUT2D eigenvalue weighted by atomic mass is 32.2. The molecule has 2 rings (SSSR count). The lowest BCUT2D eigenvalue weighted by atomic mass is 9.97. The van der Waals surface area contributed by atoms with Crippen LogP contribution in [-0.4, -0.2) is 64.2 Å². The Morgan fingerprint density at radius 2 is 1.88 bits per heavy atom. The van der Waals surface area contributed by atoms with Crippen molar-refractivity contribution >= 4 is 15.9 Å². The van der Waals surface area contributed by atoms with E-state index in [4.69, 9.17) is 14.6 Å². The zero-order valence-electron chi connectivity index (χ0n) is 14.4. The zero-order valence-corrected chi connectivity index (χ0v) is 15.2. The Bertz CT molecular complexity index is 699. The van der Waals surface area contributed by atoms with Gasteiger partial charge in [-0.1, -0.05) is 0 Å². The lowest BCUT2D eigenvalue weighted by Crippen LogP contribution is -2.43. The van der Waals surface area contributed by atoms with Gasteiger partial charge < -0.3 is 19.9 Å². The Morgan fingerprint density at radius 3 is 2.44 bits per heavy atom. The number of nitrogens with one attached hydrogen (secondary N) is 1. The molecule has 9 heteroatoms. The molecule has 0 unspecified atom stereocenters. The Kier molecular flexibility index (Phi) is 6.63. The first-order chi connectivity index (χ1) is 11.9. The van der Waals surface area contributed by atoms with Crippen molar-refractivity contribution in [3.8, 4) is 11.5 Å². The van der Waals surface area contributed by atoms with Crippen LogP contribution >= 0.6 is 0 Å². The number of carbonyl (C=O) groups excluding carboxylic acids is 1. The van der Waals surface area contributed by atoms with Gasteiger partial charge in [-0.3, -0.25) is 4.79 Å². The molecule has 1 heterocycles. The van der Waals surface area contributed by atoms with E-state index in [1.165, 1.54) is 30.7 Å². The first kappa shape index (κ1) is 19.5. The molecule has 1 aliphatic heterocycles. The number of aliphatic hydroxyl groups excluding tert-OH is 1. The summed E-state index contributed by atoms with van der Waals surface area (Å²) in [5, 5.41) is 11.4. The molecule has 0 radical (unpaired) electrons. The fraction of sp³-hybridized carbons (Fsp3) is 0.562. The molecule has 0 bridgehead atoms. The number of hydrogen-bond acceptors (Lipinski definition) is 6. The molecule has 0 aliphatic carbocycles. The Morgan fingerprint density at radius 1 is 1.24 bits per heavy atom.